The zero-order valence-corrected chi connectivity index (χ0v) is 12.8. The van der Waals surface area contributed by atoms with E-state index in [1.165, 1.54) is 38.5 Å². The molecule has 4 nitrogen and oxygen atoms in total. The summed E-state index contributed by atoms with van der Waals surface area (Å²) in [6.45, 7) is 0. The van der Waals surface area contributed by atoms with Gasteiger partial charge in [0, 0.05) is 31.7 Å². The first kappa shape index (κ1) is 12.9. The lowest BCUT2D eigenvalue weighted by Gasteiger charge is -2.28. The molecule has 0 spiro atoms. The Bertz CT molecular complexity index is 558. The molecule has 1 aliphatic rings. The van der Waals surface area contributed by atoms with Crippen LogP contribution in [0, 0.1) is 0 Å². The molecule has 1 fully saturated rings. The normalized spacial score (nSPS) is 17.6. The summed E-state index contributed by atoms with van der Waals surface area (Å²) in [6.07, 6.45) is 13.7. The lowest BCUT2D eigenvalue weighted by atomic mass is 10.1. The van der Waals surface area contributed by atoms with Gasteiger partial charge in [0.25, 0.3) is 0 Å². The van der Waals surface area contributed by atoms with Crippen molar-refractivity contribution in [3.8, 4) is 0 Å². The first-order valence-corrected chi connectivity index (χ1v) is 7.77. The van der Waals surface area contributed by atoms with E-state index in [-0.39, 0.29) is 0 Å². The molecule has 0 unspecified atom stereocenters. The van der Waals surface area contributed by atoms with Crippen molar-refractivity contribution in [2.75, 3.05) is 11.9 Å². The number of imidazole rings is 1. The van der Waals surface area contributed by atoms with Crippen LogP contribution in [0.4, 0.5) is 5.82 Å². The van der Waals surface area contributed by atoms with Gasteiger partial charge in [0.1, 0.15) is 4.60 Å². The highest BCUT2D eigenvalue weighted by atomic mass is 79.9. The minimum atomic E-state index is 0.588. The van der Waals surface area contributed by atoms with E-state index < -0.39 is 0 Å². The highest BCUT2D eigenvalue weighted by Gasteiger charge is 2.21. The standard InChI is InChI=1S/C14H19BrN4/c1-18(11-6-4-2-3-5-7-11)14-13-16-8-9-19(13)10-12(15)17-14/h8-11H,2-7H2,1H3. The Labute approximate surface area is 122 Å². The summed E-state index contributed by atoms with van der Waals surface area (Å²) in [4.78, 5) is 11.4. The van der Waals surface area contributed by atoms with Gasteiger partial charge in [-0.25, -0.2) is 9.97 Å². The molecule has 0 bridgehead atoms. The molecule has 2 heterocycles. The average molecular weight is 323 g/mol. The molecule has 0 radical (unpaired) electrons. The van der Waals surface area contributed by atoms with Crippen LogP contribution in [-0.2, 0) is 0 Å². The van der Waals surface area contributed by atoms with Crippen molar-refractivity contribution in [2.24, 2.45) is 0 Å². The first-order valence-electron chi connectivity index (χ1n) is 6.98. The van der Waals surface area contributed by atoms with Crippen LogP contribution in [0.3, 0.4) is 0 Å². The topological polar surface area (TPSA) is 33.4 Å². The molecule has 19 heavy (non-hydrogen) atoms. The average Bonchev–Trinajstić information content (AvgIpc) is 2.70. The number of anilines is 1. The van der Waals surface area contributed by atoms with Crippen molar-refractivity contribution in [1.82, 2.24) is 14.4 Å². The third kappa shape index (κ3) is 2.61. The van der Waals surface area contributed by atoms with Crippen molar-refractivity contribution in [3.05, 3.63) is 23.2 Å². The van der Waals surface area contributed by atoms with E-state index in [1.807, 2.05) is 23.0 Å². The quantitative estimate of drug-likeness (QED) is 0.791. The number of fused-ring (bicyclic) bond motifs is 1. The van der Waals surface area contributed by atoms with Crippen LogP contribution in [0.25, 0.3) is 5.65 Å². The number of aromatic nitrogens is 3. The van der Waals surface area contributed by atoms with E-state index in [0.29, 0.717) is 6.04 Å². The minimum absolute atomic E-state index is 0.588. The Hall–Kier alpha value is -1.10. The maximum atomic E-state index is 4.64. The monoisotopic (exact) mass is 322 g/mol. The molecule has 0 N–H and O–H groups in total. The third-order valence-corrected chi connectivity index (χ3v) is 4.42. The van der Waals surface area contributed by atoms with E-state index in [0.717, 1.165) is 16.1 Å². The Morgan fingerprint density at radius 2 is 2.00 bits per heavy atom. The fraction of sp³-hybridized carbons (Fsp3) is 0.571. The van der Waals surface area contributed by atoms with Crippen LogP contribution in [0.5, 0.6) is 0 Å². The van der Waals surface area contributed by atoms with Crippen LogP contribution in [0.2, 0.25) is 0 Å². The van der Waals surface area contributed by atoms with Gasteiger partial charge >= 0.3 is 0 Å². The van der Waals surface area contributed by atoms with Crippen molar-refractivity contribution in [3.63, 3.8) is 0 Å². The number of hydrogen-bond donors (Lipinski definition) is 0. The third-order valence-electron chi connectivity index (χ3n) is 4.03. The van der Waals surface area contributed by atoms with Gasteiger partial charge in [0.05, 0.1) is 0 Å². The van der Waals surface area contributed by atoms with Gasteiger partial charge in [0.2, 0.25) is 0 Å². The maximum absolute atomic E-state index is 4.64. The smallest absolute Gasteiger partial charge is 0.180 e. The lowest BCUT2D eigenvalue weighted by Crippen LogP contribution is -2.32. The number of hydrogen-bond acceptors (Lipinski definition) is 3. The number of rotatable bonds is 2. The molecule has 5 heteroatoms. The predicted octanol–water partition coefficient (Wildman–Crippen LogP) is 3.65. The summed E-state index contributed by atoms with van der Waals surface area (Å²) in [6, 6.07) is 0.588. The van der Waals surface area contributed by atoms with Gasteiger partial charge in [0.15, 0.2) is 11.5 Å². The predicted molar refractivity (Wildman–Crippen MR) is 80.6 cm³/mol. The van der Waals surface area contributed by atoms with Gasteiger partial charge < -0.3 is 9.30 Å². The van der Waals surface area contributed by atoms with Crippen molar-refractivity contribution in [2.45, 2.75) is 44.6 Å². The fourth-order valence-corrected chi connectivity index (χ4v) is 3.33. The van der Waals surface area contributed by atoms with Crippen LogP contribution in [0.15, 0.2) is 23.2 Å². The lowest BCUT2D eigenvalue weighted by molar-refractivity contribution is 0.549. The van der Waals surface area contributed by atoms with Crippen molar-refractivity contribution >= 4 is 27.4 Å². The van der Waals surface area contributed by atoms with E-state index in [4.69, 9.17) is 0 Å². The molecule has 2 aromatic rings. The van der Waals surface area contributed by atoms with Crippen molar-refractivity contribution < 1.29 is 0 Å². The molecule has 0 atom stereocenters. The van der Waals surface area contributed by atoms with Crippen molar-refractivity contribution in [1.29, 1.82) is 0 Å². The van der Waals surface area contributed by atoms with Gasteiger partial charge in [-0.05, 0) is 28.8 Å². The summed E-state index contributed by atoms with van der Waals surface area (Å²) in [5.41, 5.74) is 0.940. The zero-order chi connectivity index (χ0) is 13.2. The maximum Gasteiger partial charge on any atom is 0.180 e. The molecular formula is C14H19BrN4. The van der Waals surface area contributed by atoms with Crippen LogP contribution in [0.1, 0.15) is 38.5 Å². The zero-order valence-electron chi connectivity index (χ0n) is 11.2. The number of halogens is 1. The van der Waals surface area contributed by atoms with Gasteiger partial charge in [-0.2, -0.15) is 0 Å². The Morgan fingerprint density at radius 3 is 2.74 bits per heavy atom. The van der Waals surface area contributed by atoms with E-state index in [1.54, 1.807) is 0 Å². The Kier molecular flexibility index (Phi) is 3.73. The van der Waals surface area contributed by atoms with Gasteiger partial charge in [-0.3, -0.25) is 0 Å². The molecule has 3 rings (SSSR count). The second-order valence-corrected chi connectivity index (χ2v) is 6.11. The molecule has 0 aromatic carbocycles. The second-order valence-electron chi connectivity index (χ2n) is 5.30. The van der Waals surface area contributed by atoms with E-state index >= 15 is 0 Å². The molecule has 2 aromatic heterocycles. The summed E-state index contributed by atoms with van der Waals surface area (Å²) < 4.78 is 2.88. The molecule has 0 saturated heterocycles. The second kappa shape index (κ2) is 5.49. The fourth-order valence-electron chi connectivity index (χ4n) is 2.94. The van der Waals surface area contributed by atoms with Crippen LogP contribution < -0.4 is 4.90 Å². The highest BCUT2D eigenvalue weighted by Crippen LogP contribution is 2.27. The van der Waals surface area contributed by atoms with E-state index in [9.17, 15) is 0 Å². The molecular weight excluding hydrogens is 304 g/mol. The highest BCUT2D eigenvalue weighted by molar-refractivity contribution is 9.10. The summed E-state index contributed by atoms with van der Waals surface area (Å²) >= 11 is 3.49. The molecule has 0 amide bonds. The summed E-state index contributed by atoms with van der Waals surface area (Å²) in [7, 11) is 2.15. The summed E-state index contributed by atoms with van der Waals surface area (Å²) in [5.74, 6) is 0.978. The van der Waals surface area contributed by atoms with Gasteiger partial charge in [-0.1, -0.05) is 25.7 Å². The van der Waals surface area contributed by atoms with E-state index in [2.05, 4.69) is 37.8 Å². The van der Waals surface area contributed by atoms with Crippen LogP contribution in [-0.4, -0.2) is 27.5 Å². The molecule has 1 saturated carbocycles. The van der Waals surface area contributed by atoms with Gasteiger partial charge in [-0.15, -0.1) is 0 Å². The largest absolute Gasteiger partial charge is 0.354 e. The number of nitrogens with zero attached hydrogens (tertiary/aromatic N) is 4. The Morgan fingerprint density at radius 1 is 1.26 bits per heavy atom. The first-order chi connectivity index (χ1) is 9.25. The minimum Gasteiger partial charge on any atom is -0.354 e. The Balaban J connectivity index is 1.95. The molecule has 1 aliphatic carbocycles. The molecule has 0 aliphatic heterocycles. The van der Waals surface area contributed by atoms with Crippen LogP contribution >= 0.6 is 15.9 Å². The molecule has 102 valence electrons. The SMILES string of the molecule is CN(c1nc(Br)cn2ccnc12)C1CCCCCC1. The summed E-state index contributed by atoms with van der Waals surface area (Å²) in [5, 5.41) is 0.